The third kappa shape index (κ3) is 7.33. The van der Waals surface area contributed by atoms with Gasteiger partial charge in [-0.3, -0.25) is 13.9 Å². The van der Waals surface area contributed by atoms with Crippen LogP contribution in [0.1, 0.15) is 30.0 Å². The lowest BCUT2D eigenvalue weighted by molar-refractivity contribution is -0.140. The minimum Gasteiger partial charge on any atom is -0.357 e. The summed E-state index contributed by atoms with van der Waals surface area (Å²) in [5.41, 5.74) is -0.0298. The summed E-state index contributed by atoms with van der Waals surface area (Å²) in [6, 6.07) is 15.0. The van der Waals surface area contributed by atoms with Crippen LogP contribution in [0.5, 0.6) is 0 Å². The molecule has 0 bridgehead atoms. The molecule has 2 amide bonds. The first-order valence-electron chi connectivity index (χ1n) is 12.3. The Morgan fingerprint density at radius 2 is 1.62 bits per heavy atom. The molecule has 3 aromatic rings. The Balaban J connectivity index is 2.11. The molecule has 0 aliphatic heterocycles. The molecule has 0 aliphatic carbocycles. The van der Waals surface area contributed by atoms with E-state index in [2.05, 4.69) is 5.32 Å². The minimum atomic E-state index is -4.74. The maximum absolute atomic E-state index is 13.8. The van der Waals surface area contributed by atoms with Crippen LogP contribution in [0.25, 0.3) is 0 Å². The number of amides is 2. The van der Waals surface area contributed by atoms with E-state index in [0.717, 1.165) is 17.7 Å². The number of likely N-dealkylation sites (N-methyl/N-ethyl adjacent to an activating group) is 1. The van der Waals surface area contributed by atoms with Crippen molar-refractivity contribution in [3.05, 3.63) is 94.5 Å². The van der Waals surface area contributed by atoms with Gasteiger partial charge in [-0.1, -0.05) is 54.4 Å². The molecule has 0 aromatic heterocycles. The average molecular weight is 596 g/mol. The molecule has 1 N–H and O–H groups in total. The topological polar surface area (TPSA) is 86.8 Å². The average Bonchev–Trinajstić information content (AvgIpc) is 2.92. The molecule has 0 radical (unpaired) electrons. The third-order valence-corrected chi connectivity index (χ3v) is 8.29. The van der Waals surface area contributed by atoms with Gasteiger partial charge in [0.2, 0.25) is 11.8 Å². The highest BCUT2D eigenvalue weighted by molar-refractivity contribution is 7.92. The van der Waals surface area contributed by atoms with E-state index >= 15 is 0 Å². The van der Waals surface area contributed by atoms with E-state index < -0.39 is 46.2 Å². The van der Waals surface area contributed by atoms with Crippen molar-refractivity contribution in [3.8, 4) is 0 Å². The van der Waals surface area contributed by atoms with Crippen LogP contribution in [0.3, 0.4) is 0 Å². The van der Waals surface area contributed by atoms with Crippen molar-refractivity contribution in [3.63, 3.8) is 0 Å². The van der Waals surface area contributed by atoms with Gasteiger partial charge < -0.3 is 10.2 Å². The second-order valence-corrected chi connectivity index (χ2v) is 11.4. The number of hydrogen-bond donors (Lipinski definition) is 1. The van der Waals surface area contributed by atoms with E-state index in [1.165, 1.54) is 30.1 Å². The number of nitrogens with one attached hydrogen (secondary N) is 1. The van der Waals surface area contributed by atoms with Gasteiger partial charge in [-0.15, -0.1) is 0 Å². The normalized spacial score (nSPS) is 12.5. The Kier molecular flexibility index (Phi) is 9.86. The molecular formula is C28H29ClF3N3O4S. The molecule has 3 aromatic carbocycles. The van der Waals surface area contributed by atoms with E-state index in [9.17, 15) is 31.2 Å². The summed E-state index contributed by atoms with van der Waals surface area (Å²) in [6.45, 7) is 2.53. The third-order valence-electron chi connectivity index (χ3n) is 6.25. The number of anilines is 1. The zero-order valence-electron chi connectivity index (χ0n) is 22.1. The molecule has 7 nitrogen and oxygen atoms in total. The van der Waals surface area contributed by atoms with Crippen molar-refractivity contribution in [1.82, 2.24) is 10.2 Å². The first kappa shape index (κ1) is 31.0. The van der Waals surface area contributed by atoms with Gasteiger partial charge in [-0.25, -0.2) is 8.42 Å². The van der Waals surface area contributed by atoms with Crippen LogP contribution < -0.4 is 9.62 Å². The van der Waals surface area contributed by atoms with Gasteiger partial charge in [0.25, 0.3) is 10.0 Å². The standard InChI is InChI=1S/C28H29ClF3N3O4S/c1-4-25(27(37)33-3)34(17-20-10-12-22(29)13-11-20)26(36)18-35(23-7-5-6-21(16-23)28(30,31)32)40(38,39)24-14-8-19(2)9-15-24/h5-16,25H,4,17-18H2,1-3H3,(H,33,37)/t25-/m1/s1. The van der Waals surface area contributed by atoms with Crippen molar-refractivity contribution in [2.75, 3.05) is 17.9 Å². The highest BCUT2D eigenvalue weighted by atomic mass is 35.5. The van der Waals surface area contributed by atoms with Crippen LogP contribution in [0.2, 0.25) is 5.02 Å². The summed E-state index contributed by atoms with van der Waals surface area (Å²) in [4.78, 5) is 27.5. The predicted octanol–water partition coefficient (Wildman–Crippen LogP) is 5.42. The van der Waals surface area contributed by atoms with Gasteiger partial charge in [-0.05, 0) is 61.4 Å². The van der Waals surface area contributed by atoms with Crippen LogP contribution in [0.4, 0.5) is 18.9 Å². The highest BCUT2D eigenvalue weighted by Gasteiger charge is 2.35. The summed E-state index contributed by atoms with van der Waals surface area (Å²) >= 11 is 5.97. The molecule has 0 aliphatic rings. The quantitative estimate of drug-likeness (QED) is 0.339. The first-order chi connectivity index (χ1) is 18.8. The van der Waals surface area contributed by atoms with Crippen molar-refractivity contribution < 1.29 is 31.2 Å². The summed E-state index contributed by atoms with van der Waals surface area (Å²) in [5, 5.41) is 2.96. The molecule has 0 unspecified atom stereocenters. The lowest BCUT2D eigenvalue weighted by Crippen LogP contribution is -2.51. The summed E-state index contributed by atoms with van der Waals surface area (Å²) in [7, 11) is -3.09. The second-order valence-electron chi connectivity index (χ2n) is 9.06. The van der Waals surface area contributed by atoms with Gasteiger partial charge in [0.05, 0.1) is 16.1 Å². The van der Waals surface area contributed by atoms with E-state index in [1.54, 1.807) is 50.2 Å². The number of alkyl halides is 3. The Bertz CT molecular complexity index is 1450. The van der Waals surface area contributed by atoms with Crippen LogP contribution in [-0.4, -0.2) is 44.8 Å². The number of benzene rings is 3. The van der Waals surface area contributed by atoms with E-state index in [-0.39, 0.29) is 23.5 Å². The van der Waals surface area contributed by atoms with Crippen LogP contribution >= 0.6 is 11.6 Å². The van der Waals surface area contributed by atoms with Gasteiger partial charge in [-0.2, -0.15) is 13.2 Å². The Morgan fingerprint density at radius 1 is 1.00 bits per heavy atom. The molecule has 0 heterocycles. The molecule has 0 saturated carbocycles. The largest absolute Gasteiger partial charge is 0.416 e. The first-order valence-corrected chi connectivity index (χ1v) is 14.1. The highest BCUT2D eigenvalue weighted by Crippen LogP contribution is 2.33. The zero-order valence-corrected chi connectivity index (χ0v) is 23.6. The van der Waals surface area contributed by atoms with Crippen LogP contribution in [0, 0.1) is 6.92 Å². The van der Waals surface area contributed by atoms with Crippen molar-refractivity contribution in [2.45, 2.75) is 43.9 Å². The number of carbonyl (C=O) groups excluding carboxylic acids is 2. The minimum absolute atomic E-state index is 0.0665. The lowest BCUT2D eigenvalue weighted by atomic mass is 10.1. The molecule has 40 heavy (non-hydrogen) atoms. The number of hydrogen-bond acceptors (Lipinski definition) is 4. The Labute approximate surface area is 236 Å². The van der Waals surface area contributed by atoms with E-state index in [4.69, 9.17) is 11.6 Å². The van der Waals surface area contributed by atoms with Crippen molar-refractivity contribution in [1.29, 1.82) is 0 Å². The number of nitrogens with zero attached hydrogens (tertiary/aromatic N) is 2. The molecule has 3 rings (SSSR count). The monoisotopic (exact) mass is 595 g/mol. The molecule has 0 spiro atoms. The Hall–Kier alpha value is -3.57. The second kappa shape index (κ2) is 12.7. The molecular weight excluding hydrogens is 567 g/mol. The smallest absolute Gasteiger partial charge is 0.357 e. The number of halogens is 4. The van der Waals surface area contributed by atoms with Crippen molar-refractivity contribution in [2.24, 2.45) is 0 Å². The predicted molar refractivity (Wildman–Crippen MR) is 147 cm³/mol. The SMILES string of the molecule is CC[C@H](C(=O)NC)N(Cc1ccc(Cl)cc1)C(=O)CN(c1cccc(C(F)(F)F)c1)S(=O)(=O)c1ccc(C)cc1. The van der Waals surface area contributed by atoms with Gasteiger partial charge in [0.1, 0.15) is 12.6 Å². The van der Waals surface area contributed by atoms with Gasteiger partial charge >= 0.3 is 6.18 Å². The Morgan fingerprint density at radius 3 is 2.17 bits per heavy atom. The molecule has 1 atom stereocenters. The summed E-state index contributed by atoms with van der Waals surface area (Å²) < 4.78 is 68.8. The lowest BCUT2D eigenvalue weighted by Gasteiger charge is -2.33. The fraction of sp³-hybridized carbons (Fsp3) is 0.286. The molecule has 214 valence electrons. The number of carbonyl (C=O) groups is 2. The van der Waals surface area contributed by atoms with Crippen LogP contribution in [0.15, 0.2) is 77.7 Å². The fourth-order valence-corrected chi connectivity index (χ4v) is 5.61. The number of sulfonamides is 1. The van der Waals surface area contributed by atoms with E-state index in [0.29, 0.717) is 21.0 Å². The molecule has 0 saturated heterocycles. The van der Waals surface area contributed by atoms with Gasteiger partial charge in [0.15, 0.2) is 0 Å². The zero-order chi connectivity index (χ0) is 29.7. The van der Waals surface area contributed by atoms with Gasteiger partial charge in [0, 0.05) is 18.6 Å². The maximum atomic E-state index is 13.8. The van der Waals surface area contributed by atoms with E-state index in [1.807, 2.05) is 0 Å². The molecule has 0 fully saturated rings. The summed E-state index contributed by atoms with van der Waals surface area (Å²) in [5.74, 6) is -1.25. The fourth-order valence-electron chi connectivity index (χ4n) is 4.08. The number of rotatable bonds is 10. The molecule has 12 heteroatoms. The number of aryl methyl sites for hydroxylation is 1. The van der Waals surface area contributed by atoms with Crippen LogP contribution in [-0.2, 0) is 32.3 Å². The summed E-state index contributed by atoms with van der Waals surface area (Å²) in [6.07, 6.45) is -4.54. The maximum Gasteiger partial charge on any atom is 0.416 e. The van der Waals surface area contributed by atoms with Crippen molar-refractivity contribution >= 4 is 39.1 Å².